The molecule has 0 aliphatic rings. The molecule has 402 valence electrons. The quantitative estimate of drug-likeness (QED) is 0.107. The summed E-state index contributed by atoms with van der Waals surface area (Å²) in [5.74, 6) is 0. The summed E-state index contributed by atoms with van der Waals surface area (Å²) in [5, 5.41) is 23.6. The van der Waals surface area contributed by atoms with Gasteiger partial charge in [0.1, 0.15) is 11.2 Å². The Hall–Kier alpha value is -9.92. The minimum atomic E-state index is -3.51. The number of thiophene rings is 1. The maximum atomic E-state index is 16.7. The summed E-state index contributed by atoms with van der Waals surface area (Å²) in [7, 11) is -6.80. The van der Waals surface area contributed by atoms with Gasteiger partial charge in [0.25, 0.3) is 0 Å². The number of rotatable bonds is 9. The van der Waals surface area contributed by atoms with Crippen LogP contribution in [-0.2, 0) is 9.13 Å². The van der Waals surface area contributed by atoms with Crippen LogP contribution in [0.5, 0.6) is 0 Å². The zero-order valence-corrected chi connectivity index (χ0v) is 48.8. The SMILES string of the molecule is O=P(c1ccccc1)(c1ccc(-c2cc(-c3ccc4ccc5cccc6ccc3c4c56)cc3c2sc2ccc(P(=O)(c4ccccc4)c4ccccc4)cc23)cc1)c1ccc2oc3ccc(-c4ccc5ccc6cccc7ccc4c5c67)cc3c2c1. The van der Waals surface area contributed by atoms with Gasteiger partial charge in [-0.25, -0.2) is 0 Å². The molecule has 0 spiro atoms. The van der Waals surface area contributed by atoms with Crippen molar-refractivity contribution in [2.45, 2.75) is 0 Å². The van der Waals surface area contributed by atoms with E-state index in [4.69, 9.17) is 4.42 Å². The zero-order chi connectivity index (χ0) is 56.8. The lowest BCUT2D eigenvalue weighted by Gasteiger charge is -2.21. The molecule has 0 aliphatic carbocycles. The van der Waals surface area contributed by atoms with Gasteiger partial charge in [0.2, 0.25) is 0 Å². The summed E-state index contributed by atoms with van der Waals surface area (Å²) in [6.45, 7) is 0. The molecule has 18 rings (SSSR count). The Balaban J connectivity index is 0.807. The fourth-order valence-corrected chi connectivity index (χ4v) is 20.7. The molecule has 6 heteroatoms. The minimum absolute atomic E-state index is 0.738. The normalized spacial score (nSPS) is 13.1. The van der Waals surface area contributed by atoms with Gasteiger partial charge in [-0.15, -0.1) is 11.3 Å². The Kier molecular flexibility index (Phi) is 10.8. The van der Waals surface area contributed by atoms with Crippen LogP contribution < -0.4 is 31.8 Å². The van der Waals surface area contributed by atoms with Gasteiger partial charge in [-0.1, -0.05) is 231 Å². The predicted octanol–water partition coefficient (Wildman–Crippen LogP) is 20.0. The summed E-state index contributed by atoms with van der Waals surface area (Å²) >= 11 is 1.76. The highest BCUT2D eigenvalue weighted by molar-refractivity contribution is 7.85. The third-order valence-electron chi connectivity index (χ3n) is 18.3. The highest BCUT2D eigenvalue weighted by Gasteiger charge is 2.33. The molecule has 18 aromatic rings. The molecule has 0 saturated carbocycles. The van der Waals surface area contributed by atoms with Gasteiger partial charge in [-0.05, 0) is 153 Å². The predicted molar refractivity (Wildman–Crippen MR) is 369 cm³/mol. The molecule has 0 fully saturated rings. The first-order valence-electron chi connectivity index (χ1n) is 29.1. The van der Waals surface area contributed by atoms with Gasteiger partial charge in [0, 0.05) is 68.3 Å². The lowest BCUT2D eigenvalue weighted by Crippen LogP contribution is -2.25. The van der Waals surface area contributed by atoms with Crippen LogP contribution in [-0.4, -0.2) is 0 Å². The van der Waals surface area contributed by atoms with Crippen molar-refractivity contribution >= 4 is 164 Å². The van der Waals surface area contributed by atoms with Crippen molar-refractivity contribution in [3.63, 3.8) is 0 Å². The van der Waals surface area contributed by atoms with E-state index in [0.717, 1.165) is 107 Å². The lowest BCUT2D eigenvalue weighted by atomic mass is 9.88. The van der Waals surface area contributed by atoms with E-state index in [9.17, 15) is 0 Å². The molecule has 0 bridgehead atoms. The third kappa shape index (κ3) is 7.28. The molecule has 2 aromatic heterocycles. The topological polar surface area (TPSA) is 47.3 Å². The van der Waals surface area contributed by atoms with Gasteiger partial charge < -0.3 is 13.5 Å². The second kappa shape index (κ2) is 18.8. The number of hydrogen-bond donors (Lipinski definition) is 0. The molecular weight excluding hydrogens is 1100 g/mol. The maximum Gasteiger partial charge on any atom is 0.171 e. The number of fused-ring (bicyclic) bond motifs is 6. The van der Waals surface area contributed by atoms with E-state index in [0.29, 0.717) is 0 Å². The molecule has 86 heavy (non-hydrogen) atoms. The van der Waals surface area contributed by atoms with E-state index < -0.39 is 14.3 Å². The first-order chi connectivity index (χ1) is 42.3. The first kappa shape index (κ1) is 49.5. The molecule has 16 aromatic carbocycles. The molecule has 0 aliphatic heterocycles. The standard InChI is InChI=1S/C80H48O3P2S/c81-84(58-16-4-1-5-17-58,59-18-6-2-7-19-59)63-36-43-75-71(48-63)72-46-57(65-38-29-55-25-23-51-13-11-15-53-31-40-67(65)79(55)77(51)53)45-68(80(72)86-75)49-26-33-61(34-27-49)85(82,60-20-8-3-9-21-60)62-35-42-74-70(47-62)69-44-56(32-41-73(69)83-74)64-37-28-54-24-22-50-12-10-14-52-30-39-66(64)78(54)76(50)52/h1-48H. The Labute approximate surface area is 499 Å². The van der Waals surface area contributed by atoms with Crippen LogP contribution in [0.15, 0.2) is 296 Å². The smallest absolute Gasteiger partial charge is 0.171 e. The van der Waals surface area contributed by atoms with Crippen molar-refractivity contribution in [1.29, 1.82) is 0 Å². The summed E-state index contributed by atoms with van der Waals surface area (Å²) in [5.41, 5.74) is 8.11. The van der Waals surface area contributed by atoms with E-state index in [-0.39, 0.29) is 0 Å². The van der Waals surface area contributed by atoms with Crippen LogP contribution in [0.2, 0.25) is 0 Å². The molecule has 0 amide bonds. The number of furan rings is 1. The van der Waals surface area contributed by atoms with Crippen LogP contribution in [0.25, 0.3) is 140 Å². The van der Waals surface area contributed by atoms with Gasteiger partial charge >= 0.3 is 0 Å². The fraction of sp³-hybridized carbons (Fsp3) is 0. The average molecular weight is 1150 g/mol. The molecular formula is C80H48O3P2S. The van der Waals surface area contributed by atoms with Gasteiger partial charge in [-0.2, -0.15) is 0 Å². The molecule has 3 nitrogen and oxygen atoms in total. The van der Waals surface area contributed by atoms with Crippen LogP contribution in [0.3, 0.4) is 0 Å². The van der Waals surface area contributed by atoms with Crippen LogP contribution in [0, 0.1) is 0 Å². The maximum absolute atomic E-state index is 16.7. The highest BCUT2D eigenvalue weighted by Crippen LogP contribution is 2.50. The molecule has 2 heterocycles. The monoisotopic (exact) mass is 1150 g/mol. The first-order valence-corrected chi connectivity index (χ1v) is 33.4. The molecule has 0 radical (unpaired) electrons. The van der Waals surface area contributed by atoms with E-state index in [1.54, 1.807) is 11.3 Å². The second-order valence-corrected chi connectivity index (χ2v) is 29.5. The van der Waals surface area contributed by atoms with Crippen molar-refractivity contribution in [3.8, 4) is 33.4 Å². The van der Waals surface area contributed by atoms with E-state index in [1.165, 1.54) is 64.6 Å². The molecule has 1 atom stereocenters. The van der Waals surface area contributed by atoms with E-state index in [2.05, 4.69) is 188 Å². The van der Waals surface area contributed by atoms with Crippen LogP contribution in [0.1, 0.15) is 0 Å². The van der Waals surface area contributed by atoms with Crippen molar-refractivity contribution in [2.75, 3.05) is 0 Å². The summed E-state index contributed by atoms with van der Waals surface area (Å²) in [6.07, 6.45) is 0. The average Bonchev–Trinajstić information content (AvgIpc) is 1.39. The van der Waals surface area contributed by atoms with Crippen LogP contribution >= 0.6 is 25.6 Å². The zero-order valence-electron chi connectivity index (χ0n) is 46.2. The van der Waals surface area contributed by atoms with E-state index in [1.807, 2.05) is 103 Å². The minimum Gasteiger partial charge on any atom is -0.456 e. The van der Waals surface area contributed by atoms with Crippen molar-refractivity contribution in [3.05, 3.63) is 291 Å². The largest absolute Gasteiger partial charge is 0.456 e. The van der Waals surface area contributed by atoms with Crippen molar-refractivity contribution < 1.29 is 13.5 Å². The second-order valence-electron chi connectivity index (χ2n) is 22.9. The van der Waals surface area contributed by atoms with E-state index >= 15 is 9.13 Å². The summed E-state index contributed by atoms with van der Waals surface area (Å²) in [4.78, 5) is 0. The highest BCUT2D eigenvalue weighted by atomic mass is 32.1. The number of hydrogen-bond acceptors (Lipinski definition) is 4. The van der Waals surface area contributed by atoms with Crippen molar-refractivity contribution in [2.24, 2.45) is 0 Å². The Morgan fingerprint density at radius 1 is 0.256 bits per heavy atom. The third-order valence-corrected chi connectivity index (χ3v) is 25.6. The fourth-order valence-electron chi connectivity index (χ4n) is 14.2. The number of benzene rings is 16. The summed E-state index contributed by atoms with van der Waals surface area (Å²) in [6, 6.07) is 102. The summed E-state index contributed by atoms with van der Waals surface area (Å²) < 4.78 is 41.5. The Morgan fingerprint density at radius 3 is 1.21 bits per heavy atom. The molecule has 0 N–H and O–H groups in total. The van der Waals surface area contributed by atoms with Crippen LogP contribution in [0.4, 0.5) is 0 Å². The Bertz CT molecular complexity index is 5810. The van der Waals surface area contributed by atoms with Gasteiger partial charge in [-0.3, -0.25) is 0 Å². The lowest BCUT2D eigenvalue weighted by molar-refractivity contribution is 0.591. The molecule has 0 saturated heterocycles. The van der Waals surface area contributed by atoms with Crippen molar-refractivity contribution in [1.82, 2.24) is 0 Å². The Morgan fingerprint density at radius 2 is 0.663 bits per heavy atom. The molecule has 1 unspecified atom stereocenters. The van der Waals surface area contributed by atoms with Gasteiger partial charge in [0.05, 0.1) is 0 Å². The van der Waals surface area contributed by atoms with Gasteiger partial charge in [0.15, 0.2) is 14.3 Å².